The molecule has 5 nitrogen and oxygen atoms in total. The molecule has 2 aromatic carbocycles. The minimum Gasteiger partial charge on any atom is -0.351 e. The predicted octanol–water partition coefficient (Wildman–Crippen LogP) is 3.63. The molecule has 0 saturated carbocycles. The number of nitrogens with zero attached hydrogens (tertiary/aromatic N) is 1. The topological polar surface area (TPSA) is 61.4 Å². The highest BCUT2D eigenvalue weighted by Crippen LogP contribution is 2.20. The third-order valence-electron chi connectivity index (χ3n) is 4.81. The van der Waals surface area contributed by atoms with Crippen molar-refractivity contribution in [1.29, 1.82) is 0 Å². The molecular formula is C22H26FN3O2S. The first-order valence-corrected chi connectivity index (χ1v) is 10.7. The molecule has 3 rings (SSSR count). The molecule has 154 valence electrons. The minimum atomic E-state index is -0.549. The molecule has 2 aromatic rings. The second kappa shape index (κ2) is 10.4. The van der Waals surface area contributed by atoms with Gasteiger partial charge in [-0.2, -0.15) is 0 Å². The maximum absolute atomic E-state index is 14.0. The van der Waals surface area contributed by atoms with E-state index in [9.17, 15) is 14.0 Å². The number of hydrogen-bond acceptors (Lipinski definition) is 4. The molecule has 1 unspecified atom stereocenters. The molecule has 0 bridgehead atoms. The van der Waals surface area contributed by atoms with Crippen molar-refractivity contribution in [2.45, 2.75) is 17.7 Å². The van der Waals surface area contributed by atoms with Gasteiger partial charge in [-0.25, -0.2) is 4.39 Å². The van der Waals surface area contributed by atoms with E-state index in [4.69, 9.17) is 0 Å². The second-order valence-corrected chi connectivity index (χ2v) is 8.48. The largest absolute Gasteiger partial charge is 0.351 e. The van der Waals surface area contributed by atoms with Gasteiger partial charge in [0.2, 0.25) is 5.91 Å². The van der Waals surface area contributed by atoms with Gasteiger partial charge in [-0.05, 0) is 56.3 Å². The average molecular weight is 416 g/mol. The molecule has 0 aromatic heterocycles. The Morgan fingerprint density at radius 3 is 2.72 bits per heavy atom. The minimum absolute atomic E-state index is 0.151. The van der Waals surface area contributed by atoms with Gasteiger partial charge in [0.25, 0.3) is 5.91 Å². The number of benzene rings is 2. The molecule has 0 spiro atoms. The van der Waals surface area contributed by atoms with Crippen molar-refractivity contribution in [1.82, 2.24) is 10.2 Å². The van der Waals surface area contributed by atoms with Crippen molar-refractivity contribution in [3.8, 4) is 0 Å². The number of hydrogen-bond donors (Lipinski definition) is 2. The maximum Gasteiger partial charge on any atom is 0.251 e. The summed E-state index contributed by atoms with van der Waals surface area (Å²) in [6, 6.07) is 13.8. The van der Waals surface area contributed by atoms with E-state index in [-0.39, 0.29) is 17.4 Å². The maximum atomic E-state index is 14.0. The Morgan fingerprint density at radius 2 is 2.00 bits per heavy atom. The fourth-order valence-corrected chi connectivity index (χ4v) is 4.20. The highest BCUT2D eigenvalue weighted by Gasteiger charge is 2.22. The molecular weight excluding hydrogens is 389 g/mol. The Balaban J connectivity index is 1.49. The number of anilines is 1. The van der Waals surface area contributed by atoms with Gasteiger partial charge >= 0.3 is 0 Å². The lowest BCUT2D eigenvalue weighted by atomic mass is 10.0. The summed E-state index contributed by atoms with van der Waals surface area (Å²) in [6.07, 6.45) is 1.39. The summed E-state index contributed by atoms with van der Waals surface area (Å²) in [5.41, 5.74) is 0.510. The van der Waals surface area contributed by atoms with Crippen molar-refractivity contribution >= 4 is 29.3 Å². The first-order chi connectivity index (χ1) is 14.0. The molecule has 1 fully saturated rings. The van der Waals surface area contributed by atoms with Crippen LogP contribution in [0.15, 0.2) is 53.4 Å². The summed E-state index contributed by atoms with van der Waals surface area (Å²) in [5.74, 6) is -0.0249. The van der Waals surface area contributed by atoms with E-state index in [1.54, 1.807) is 11.8 Å². The smallest absolute Gasteiger partial charge is 0.251 e. The van der Waals surface area contributed by atoms with Crippen LogP contribution >= 0.6 is 11.8 Å². The summed E-state index contributed by atoms with van der Waals surface area (Å²) in [7, 11) is 2.04. The monoisotopic (exact) mass is 415 g/mol. The van der Waals surface area contributed by atoms with Crippen LogP contribution < -0.4 is 10.6 Å². The van der Waals surface area contributed by atoms with Crippen LogP contribution in [0.3, 0.4) is 0 Å². The third kappa shape index (κ3) is 6.87. The predicted molar refractivity (Wildman–Crippen MR) is 115 cm³/mol. The summed E-state index contributed by atoms with van der Waals surface area (Å²) in [5, 5.41) is 5.52. The fraction of sp³-hybridized carbons (Fsp3) is 0.364. The van der Waals surface area contributed by atoms with E-state index in [1.807, 2.05) is 37.4 Å². The number of nitrogens with one attached hydrogen (secondary N) is 2. The average Bonchev–Trinajstić information content (AvgIpc) is 3.09. The van der Waals surface area contributed by atoms with Crippen molar-refractivity contribution < 1.29 is 14.0 Å². The number of carbonyl (C=O) groups excluding carboxylic acids is 2. The van der Waals surface area contributed by atoms with Crippen molar-refractivity contribution in [3.63, 3.8) is 0 Å². The lowest BCUT2D eigenvalue weighted by molar-refractivity contribution is -0.117. The summed E-state index contributed by atoms with van der Waals surface area (Å²) < 4.78 is 14.0. The lowest BCUT2D eigenvalue weighted by Crippen LogP contribution is -2.26. The lowest BCUT2D eigenvalue weighted by Gasteiger charge is -2.12. The van der Waals surface area contributed by atoms with Gasteiger partial charge < -0.3 is 15.5 Å². The molecule has 0 aliphatic carbocycles. The van der Waals surface area contributed by atoms with Gasteiger partial charge in [0, 0.05) is 41.4 Å². The Morgan fingerprint density at radius 1 is 1.21 bits per heavy atom. The molecule has 1 heterocycles. The first-order valence-electron chi connectivity index (χ1n) is 9.74. The molecule has 1 aliphatic rings. The Labute approximate surface area is 175 Å². The molecule has 29 heavy (non-hydrogen) atoms. The quantitative estimate of drug-likeness (QED) is 0.511. The second-order valence-electron chi connectivity index (χ2n) is 7.32. The number of amides is 2. The van der Waals surface area contributed by atoms with Crippen LogP contribution in [-0.2, 0) is 4.79 Å². The van der Waals surface area contributed by atoms with Crippen molar-refractivity contribution in [2.75, 3.05) is 37.8 Å². The fourth-order valence-electron chi connectivity index (χ4n) is 3.41. The highest BCUT2D eigenvalue weighted by atomic mass is 32.2. The molecule has 2 amide bonds. The van der Waals surface area contributed by atoms with E-state index < -0.39 is 5.82 Å². The number of thioether (sulfide) groups is 1. The van der Waals surface area contributed by atoms with E-state index in [0.29, 0.717) is 30.3 Å². The van der Waals surface area contributed by atoms with E-state index in [0.717, 1.165) is 24.4 Å². The number of likely N-dealkylation sites (tertiary alicyclic amines) is 1. The van der Waals surface area contributed by atoms with Crippen LogP contribution in [0.1, 0.15) is 23.2 Å². The van der Waals surface area contributed by atoms with E-state index in [1.165, 1.54) is 18.2 Å². The molecule has 2 N–H and O–H groups in total. The van der Waals surface area contributed by atoms with Crippen LogP contribution in [0.2, 0.25) is 0 Å². The molecule has 1 saturated heterocycles. The summed E-state index contributed by atoms with van der Waals surface area (Å²) in [4.78, 5) is 27.9. The van der Waals surface area contributed by atoms with Gasteiger partial charge in [0.1, 0.15) is 5.82 Å². The van der Waals surface area contributed by atoms with E-state index >= 15 is 0 Å². The van der Waals surface area contributed by atoms with Crippen LogP contribution in [-0.4, -0.2) is 49.1 Å². The van der Waals surface area contributed by atoms with Crippen LogP contribution in [0.5, 0.6) is 0 Å². The zero-order valence-electron chi connectivity index (χ0n) is 16.5. The van der Waals surface area contributed by atoms with Crippen molar-refractivity contribution in [2.24, 2.45) is 5.92 Å². The Bertz CT molecular complexity index is 847. The normalized spacial score (nSPS) is 16.6. The van der Waals surface area contributed by atoms with E-state index in [2.05, 4.69) is 15.5 Å². The zero-order valence-corrected chi connectivity index (χ0v) is 17.3. The standard InChI is InChI=1S/C22H26FN3O2S/c1-26-9-7-16(15-26)11-21(27)25-19-13-17(12-18(23)14-19)22(28)24-8-10-29-20-5-3-2-4-6-20/h2-6,12-14,16H,7-11,15H2,1H3,(H,24,28)(H,25,27). The highest BCUT2D eigenvalue weighted by molar-refractivity contribution is 7.99. The molecule has 1 atom stereocenters. The first kappa shape index (κ1) is 21.3. The van der Waals surface area contributed by atoms with Crippen molar-refractivity contribution in [3.05, 3.63) is 59.9 Å². The van der Waals surface area contributed by atoms with Gasteiger partial charge in [0.05, 0.1) is 0 Å². The Kier molecular flexibility index (Phi) is 7.66. The van der Waals surface area contributed by atoms with Crippen LogP contribution in [0, 0.1) is 11.7 Å². The van der Waals surface area contributed by atoms with Gasteiger partial charge in [-0.1, -0.05) is 18.2 Å². The van der Waals surface area contributed by atoms with Gasteiger partial charge in [-0.15, -0.1) is 11.8 Å². The molecule has 1 aliphatic heterocycles. The molecule has 7 heteroatoms. The number of carbonyl (C=O) groups is 2. The number of halogens is 1. The van der Waals surface area contributed by atoms with Gasteiger partial charge in [-0.3, -0.25) is 9.59 Å². The van der Waals surface area contributed by atoms with Crippen LogP contribution in [0.4, 0.5) is 10.1 Å². The summed E-state index contributed by atoms with van der Waals surface area (Å²) >= 11 is 1.64. The van der Waals surface area contributed by atoms with Crippen LogP contribution in [0.25, 0.3) is 0 Å². The number of rotatable bonds is 8. The summed E-state index contributed by atoms with van der Waals surface area (Å²) in [6.45, 7) is 2.35. The molecule has 0 radical (unpaired) electrons. The zero-order chi connectivity index (χ0) is 20.6. The Hall–Kier alpha value is -2.38. The van der Waals surface area contributed by atoms with Gasteiger partial charge in [0.15, 0.2) is 0 Å². The third-order valence-corrected chi connectivity index (χ3v) is 5.82. The SMILES string of the molecule is CN1CCC(CC(=O)Nc2cc(F)cc(C(=O)NCCSc3ccccc3)c2)C1.